The van der Waals surface area contributed by atoms with Crippen LogP contribution in [0.5, 0.6) is 0 Å². The van der Waals surface area contributed by atoms with Crippen molar-refractivity contribution in [3.63, 3.8) is 0 Å². The summed E-state index contributed by atoms with van der Waals surface area (Å²) in [7, 11) is 1.27. The van der Waals surface area contributed by atoms with Gasteiger partial charge >= 0.3 is 11.9 Å². The third-order valence-electron chi connectivity index (χ3n) is 2.63. The average Bonchev–Trinajstić information content (AvgIpc) is 2.68. The third kappa shape index (κ3) is 1.92. The number of carboxylic acid groups (broad SMARTS) is 1. The molecule has 0 unspecified atom stereocenters. The number of imidazole rings is 1. The molecule has 2 aromatic heterocycles. The second kappa shape index (κ2) is 4.48. The van der Waals surface area contributed by atoms with E-state index in [4.69, 9.17) is 5.11 Å². The molecule has 0 aliphatic rings. The highest BCUT2D eigenvalue weighted by Gasteiger charge is 2.20. The van der Waals surface area contributed by atoms with E-state index in [1.54, 1.807) is 16.7 Å². The summed E-state index contributed by atoms with van der Waals surface area (Å²) in [6.45, 7) is 1.83. The lowest BCUT2D eigenvalue weighted by Crippen LogP contribution is -2.05. The molecule has 0 aliphatic heterocycles. The van der Waals surface area contributed by atoms with Gasteiger partial charge in [-0.05, 0) is 18.6 Å². The topological polar surface area (TPSA) is 80.9 Å². The van der Waals surface area contributed by atoms with Crippen LogP contribution >= 0.6 is 0 Å². The molecule has 0 spiro atoms. The zero-order valence-corrected chi connectivity index (χ0v) is 10.0. The first-order chi connectivity index (χ1) is 8.54. The number of carbonyl (C=O) groups is 2. The van der Waals surface area contributed by atoms with Crippen LogP contribution in [-0.4, -0.2) is 33.5 Å². The first-order valence-corrected chi connectivity index (χ1v) is 5.31. The molecular formula is C12H12N2O4. The quantitative estimate of drug-likeness (QED) is 0.821. The predicted octanol–water partition coefficient (Wildman–Crippen LogP) is 1.06. The number of nitrogens with zero attached hydrogens (tertiary/aromatic N) is 2. The number of hydrogen-bond donors (Lipinski definition) is 1. The highest BCUT2D eigenvalue weighted by atomic mass is 16.5. The molecule has 0 atom stereocenters. The van der Waals surface area contributed by atoms with Crippen LogP contribution in [-0.2, 0) is 16.0 Å². The second-order valence-electron chi connectivity index (χ2n) is 3.85. The van der Waals surface area contributed by atoms with Crippen LogP contribution in [0.2, 0.25) is 0 Å². The van der Waals surface area contributed by atoms with Crippen molar-refractivity contribution < 1.29 is 19.4 Å². The van der Waals surface area contributed by atoms with Crippen LogP contribution in [0.25, 0.3) is 5.52 Å². The summed E-state index contributed by atoms with van der Waals surface area (Å²) >= 11 is 0. The van der Waals surface area contributed by atoms with E-state index < -0.39 is 11.9 Å². The minimum atomic E-state index is -1.00. The summed E-state index contributed by atoms with van der Waals surface area (Å²) in [5.74, 6) is -1.26. The van der Waals surface area contributed by atoms with Gasteiger partial charge in [0.15, 0.2) is 5.69 Å². The highest BCUT2D eigenvalue weighted by molar-refractivity contribution is 5.96. The number of ether oxygens (including phenoxy) is 1. The molecule has 94 valence electrons. The number of rotatable bonds is 3. The normalized spacial score (nSPS) is 10.6. The van der Waals surface area contributed by atoms with Crippen LogP contribution in [0, 0.1) is 6.92 Å². The summed E-state index contributed by atoms with van der Waals surface area (Å²) in [4.78, 5) is 26.5. The maximum atomic E-state index is 11.6. The molecule has 18 heavy (non-hydrogen) atoms. The van der Waals surface area contributed by atoms with E-state index in [1.807, 2.05) is 13.0 Å². The van der Waals surface area contributed by atoms with E-state index in [0.29, 0.717) is 11.3 Å². The van der Waals surface area contributed by atoms with Gasteiger partial charge in [0.25, 0.3) is 0 Å². The van der Waals surface area contributed by atoms with Crippen molar-refractivity contribution in [1.29, 1.82) is 0 Å². The van der Waals surface area contributed by atoms with E-state index in [0.717, 1.165) is 5.56 Å². The van der Waals surface area contributed by atoms with E-state index in [9.17, 15) is 9.59 Å². The molecule has 0 aromatic carbocycles. The molecule has 6 nitrogen and oxygen atoms in total. The number of aryl methyl sites for hydroxylation is 1. The van der Waals surface area contributed by atoms with E-state index >= 15 is 0 Å². The number of methoxy groups -OCH3 is 1. The highest BCUT2D eigenvalue weighted by Crippen LogP contribution is 2.18. The van der Waals surface area contributed by atoms with Crippen LogP contribution in [0.1, 0.15) is 21.9 Å². The van der Waals surface area contributed by atoms with Crippen molar-refractivity contribution in [2.45, 2.75) is 13.3 Å². The maximum Gasteiger partial charge on any atom is 0.358 e. The Morgan fingerprint density at radius 1 is 1.50 bits per heavy atom. The number of hydrogen-bond acceptors (Lipinski definition) is 4. The molecule has 0 radical (unpaired) electrons. The number of aromatic nitrogens is 2. The largest absolute Gasteiger partial charge is 0.481 e. The molecule has 6 heteroatoms. The fourth-order valence-corrected chi connectivity index (χ4v) is 1.87. The van der Waals surface area contributed by atoms with Gasteiger partial charge in [-0.3, -0.25) is 4.79 Å². The first-order valence-electron chi connectivity index (χ1n) is 5.31. The summed E-state index contributed by atoms with van der Waals surface area (Å²) < 4.78 is 6.26. The van der Waals surface area contributed by atoms with Gasteiger partial charge in [0.1, 0.15) is 12.2 Å². The van der Waals surface area contributed by atoms with Crippen molar-refractivity contribution in [2.24, 2.45) is 0 Å². The third-order valence-corrected chi connectivity index (χ3v) is 2.63. The van der Waals surface area contributed by atoms with Crippen molar-refractivity contribution in [1.82, 2.24) is 9.38 Å². The zero-order valence-electron chi connectivity index (χ0n) is 10.0. The lowest BCUT2D eigenvalue weighted by atomic mass is 10.2. The molecule has 2 aromatic rings. The van der Waals surface area contributed by atoms with Gasteiger partial charge in [-0.2, -0.15) is 0 Å². The fourth-order valence-electron chi connectivity index (χ4n) is 1.87. The number of aliphatic carboxylic acids is 1. The van der Waals surface area contributed by atoms with Crippen molar-refractivity contribution >= 4 is 17.5 Å². The molecular weight excluding hydrogens is 236 g/mol. The second-order valence-corrected chi connectivity index (χ2v) is 3.85. The Kier molecular flexibility index (Phi) is 3.01. The minimum Gasteiger partial charge on any atom is -0.481 e. The summed E-state index contributed by atoms with van der Waals surface area (Å²) in [6.07, 6.45) is 1.43. The molecule has 2 heterocycles. The molecule has 2 rings (SSSR count). The minimum absolute atomic E-state index is 0.145. The Morgan fingerprint density at radius 3 is 2.83 bits per heavy atom. The van der Waals surface area contributed by atoms with Gasteiger partial charge in [-0.25, -0.2) is 9.78 Å². The molecule has 0 fully saturated rings. The molecule has 0 aliphatic carbocycles. The fraction of sp³-hybridized carbons (Fsp3) is 0.250. The predicted molar refractivity (Wildman–Crippen MR) is 62.6 cm³/mol. The SMILES string of the molecule is COC(=O)c1nc(CC(=O)O)n2cccc(C)c12. The molecule has 1 N–H and O–H groups in total. The van der Waals surface area contributed by atoms with Gasteiger partial charge in [0.2, 0.25) is 0 Å². The van der Waals surface area contributed by atoms with Gasteiger partial charge < -0.3 is 14.2 Å². The Bertz CT molecular complexity index is 630. The Labute approximate surface area is 103 Å². The monoisotopic (exact) mass is 248 g/mol. The molecule has 0 bridgehead atoms. The van der Waals surface area contributed by atoms with Gasteiger partial charge in [0.05, 0.1) is 12.6 Å². The Hall–Kier alpha value is -2.37. The van der Waals surface area contributed by atoms with Crippen LogP contribution in [0.3, 0.4) is 0 Å². The summed E-state index contributed by atoms with van der Waals surface area (Å²) in [5.41, 5.74) is 1.56. The Balaban J connectivity index is 2.71. The van der Waals surface area contributed by atoms with E-state index in [2.05, 4.69) is 9.72 Å². The number of esters is 1. The van der Waals surface area contributed by atoms with E-state index in [1.165, 1.54) is 7.11 Å². The number of fused-ring (bicyclic) bond motifs is 1. The molecule has 0 saturated carbocycles. The number of carboxylic acids is 1. The van der Waals surface area contributed by atoms with Crippen molar-refractivity contribution in [3.8, 4) is 0 Å². The van der Waals surface area contributed by atoms with Crippen LogP contribution < -0.4 is 0 Å². The standard InChI is InChI=1S/C12H12N2O4/c1-7-4-3-5-14-8(6-9(15)16)13-10(11(7)14)12(17)18-2/h3-5H,6H2,1-2H3,(H,15,16). The van der Waals surface area contributed by atoms with E-state index in [-0.39, 0.29) is 12.1 Å². The van der Waals surface area contributed by atoms with Crippen LogP contribution in [0.15, 0.2) is 18.3 Å². The maximum absolute atomic E-state index is 11.6. The van der Waals surface area contributed by atoms with Gasteiger partial charge in [0, 0.05) is 6.20 Å². The Morgan fingerprint density at radius 2 is 2.22 bits per heavy atom. The smallest absolute Gasteiger partial charge is 0.358 e. The van der Waals surface area contributed by atoms with Gasteiger partial charge in [-0.1, -0.05) is 6.07 Å². The van der Waals surface area contributed by atoms with Crippen molar-refractivity contribution in [3.05, 3.63) is 35.4 Å². The van der Waals surface area contributed by atoms with Gasteiger partial charge in [-0.15, -0.1) is 0 Å². The average molecular weight is 248 g/mol. The van der Waals surface area contributed by atoms with Crippen molar-refractivity contribution in [2.75, 3.05) is 7.11 Å². The molecule has 0 saturated heterocycles. The zero-order chi connectivity index (χ0) is 13.3. The lowest BCUT2D eigenvalue weighted by molar-refractivity contribution is -0.136. The van der Waals surface area contributed by atoms with Crippen LogP contribution in [0.4, 0.5) is 0 Å². The summed E-state index contributed by atoms with van der Waals surface area (Å²) in [6, 6.07) is 3.60. The summed E-state index contributed by atoms with van der Waals surface area (Å²) in [5, 5.41) is 8.83. The number of carbonyl (C=O) groups excluding carboxylic acids is 1. The first kappa shape index (κ1) is 12.1. The lowest BCUT2D eigenvalue weighted by Gasteiger charge is -2.01. The molecule has 0 amide bonds. The number of pyridine rings is 1.